The first-order valence-corrected chi connectivity index (χ1v) is 9.34. The largest absolute Gasteiger partial charge is 0.325 e. The van der Waals surface area contributed by atoms with E-state index in [0.717, 1.165) is 17.0 Å². The van der Waals surface area contributed by atoms with E-state index in [1.165, 1.54) is 23.9 Å². The number of carbonyl (C=O) groups excluding carboxylic acids is 1. The lowest BCUT2D eigenvalue weighted by Crippen LogP contribution is -2.14. The SMILES string of the molecule is C=CCn1c(SCC(=O)Nc2cccc(F)c2)nnc1-c1ccc(C)cc1. The minimum absolute atomic E-state index is 0.139. The molecule has 2 aromatic carbocycles. The van der Waals surface area contributed by atoms with Crippen molar-refractivity contribution in [3.8, 4) is 11.4 Å². The molecule has 138 valence electrons. The summed E-state index contributed by atoms with van der Waals surface area (Å²) in [5.74, 6) is 0.229. The molecular weight excluding hydrogens is 363 g/mol. The monoisotopic (exact) mass is 382 g/mol. The van der Waals surface area contributed by atoms with E-state index in [1.807, 2.05) is 35.8 Å². The Morgan fingerprint density at radius 3 is 2.74 bits per heavy atom. The Labute approximate surface area is 161 Å². The number of hydrogen-bond acceptors (Lipinski definition) is 4. The molecule has 0 unspecified atom stereocenters. The van der Waals surface area contributed by atoms with Crippen LogP contribution in [-0.4, -0.2) is 26.4 Å². The summed E-state index contributed by atoms with van der Waals surface area (Å²) >= 11 is 1.27. The van der Waals surface area contributed by atoms with Gasteiger partial charge < -0.3 is 5.32 Å². The number of amides is 1. The molecule has 0 aliphatic carbocycles. The Morgan fingerprint density at radius 2 is 2.04 bits per heavy atom. The maximum atomic E-state index is 13.2. The topological polar surface area (TPSA) is 59.8 Å². The van der Waals surface area contributed by atoms with Gasteiger partial charge in [-0.25, -0.2) is 4.39 Å². The van der Waals surface area contributed by atoms with Gasteiger partial charge in [-0.3, -0.25) is 9.36 Å². The molecule has 0 bridgehead atoms. The Morgan fingerprint density at radius 1 is 1.26 bits per heavy atom. The van der Waals surface area contributed by atoms with Crippen LogP contribution in [0.3, 0.4) is 0 Å². The second kappa shape index (κ2) is 8.64. The highest BCUT2D eigenvalue weighted by molar-refractivity contribution is 7.99. The van der Waals surface area contributed by atoms with Gasteiger partial charge in [-0.15, -0.1) is 16.8 Å². The van der Waals surface area contributed by atoms with Gasteiger partial charge in [-0.1, -0.05) is 53.7 Å². The molecule has 0 fully saturated rings. The molecule has 0 saturated heterocycles. The molecule has 5 nitrogen and oxygen atoms in total. The predicted molar refractivity (Wildman–Crippen MR) is 106 cm³/mol. The number of anilines is 1. The van der Waals surface area contributed by atoms with Gasteiger partial charge in [0, 0.05) is 17.8 Å². The molecule has 1 amide bonds. The van der Waals surface area contributed by atoms with Crippen molar-refractivity contribution in [2.45, 2.75) is 18.6 Å². The lowest BCUT2D eigenvalue weighted by Gasteiger charge is -2.08. The summed E-state index contributed by atoms with van der Waals surface area (Å²) < 4.78 is 15.1. The Hall–Kier alpha value is -2.93. The van der Waals surface area contributed by atoms with Gasteiger partial charge in [0.05, 0.1) is 5.75 Å². The fraction of sp³-hybridized carbons (Fsp3) is 0.150. The molecule has 3 aromatic rings. The smallest absolute Gasteiger partial charge is 0.234 e. The molecule has 0 radical (unpaired) electrons. The van der Waals surface area contributed by atoms with Gasteiger partial charge in [-0.2, -0.15) is 0 Å². The van der Waals surface area contributed by atoms with Crippen LogP contribution in [0.4, 0.5) is 10.1 Å². The number of hydrogen-bond donors (Lipinski definition) is 1. The van der Waals surface area contributed by atoms with E-state index in [0.29, 0.717) is 17.4 Å². The van der Waals surface area contributed by atoms with Gasteiger partial charge in [0.15, 0.2) is 11.0 Å². The summed E-state index contributed by atoms with van der Waals surface area (Å²) in [6.45, 7) is 6.34. The molecule has 7 heteroatoms. The minimum atomic E-state index is -0.395. The third-order valence-corrected chi connectivity index (χ3v) is 4.75. The molecule has 0 saturated carbocycles. The van der Waals surface area contributed by atoms with Gasteiger partial charge in [0.1, 0.15) is 5.82 Å². The quantitative estimate of drug-likeness (QED) is 0.489. The van der Waals surface area contributed by atoms with E-state index in [-0.39, 0.29) is 11.7 Å². The number of allylic oxidation sites excluding steroid dienone is 1. The van der Waals surface area contributed by atoms with Gasteiger partial charge >= 0.3 is 0 Å². The molecule has 0 spiro atoms. The van der Waals surface area contributed by atoms with Crippen molar-refractivity contribution < 1.29 is 9.18 Å². The molecular formula is C20H19FN4OS. The number of halogens is 1. The van der Waals surface area contributed by atoms with Crippen molar-refractivity contribution in [1.29, 1.82) is 0 Å². The fourth-order valence-corrected chi connectivity index (χ4v) is 3.25. The van der Waals surface area contributed by atoms with Crippen LogP contribution in [0, 0.1) is 12.7 Å². The number of nitrogens with zero attached hydrogens (tertiary/aromatic N) is 3. The Kier molecular flexibility index (Phi) is 6.03. The average Bonchev–Trinajstić information content (AvgIpc) is 3.04. The average molecular weight is 382 g/mol. The lowest BCUT2D eigenvalue weighted by atomic mass is 10.1. The maximum Gasteiger partial charge on any atom is 0.234 e. The van der Waals surface area contributed by atoms with Gasteiger partial charge in [0.2, 0.25) is 5.91 Å². The molecule has 1 heterocycles. The molecule has 0 aliphatic rings. The third-order valence-electron chi connectivity index (χ3n) is 3.78. The van der Waals surface area contributed by atoms with Crippen LogP contribution < -0.4 is 5.32 Å². The first-order chi connectivity index (χ1) is 13.1. The third kappa shape index (κ3) is 4.83. The molecule has 27 heavy (non-hydrogen) atoms. The van der Waals surface area contributed by atoms with E-state index in [2.05, 4.69) is 22.1 Å². The van der Waals surface area contributed by atoms with Crippen molar-refractivity contribution >= 4 is 23.4 Å². The van der Waals surface area contributed by atoms with Crippen LogP contribution in [0.25, 0.3) is 11.4 Å². The lowest BCUT2D eigenvalue weighted by molar-refractivity contribution is -0.113. The maximum absolute atomic E-state index is 13.2. The van der Waals surface area contributed by atoms with E-state index in [9.17, 15) is 9.18 Å². The zero-order valence-electron chi connectivity index (χ0n) is 14.9. The first kappa shape index (κ1) is 18.8. The van der Waals surface area contributed by atoms with Crippen molar-refractivity contribution in [2.24, 2.45) is 0 Å². The zero-order valence-corrected chi connectivity index (χ0v) is 15.7. The molecule has 1 N–H and O–H groups in total. The highest BCUT2D eigenvalue weighted by Crippen LogP contribution is 2.24. The Bertz CT molecular complexity index is 953. The number of carbonyl (C=O) groups is 1. The predicted octanol–water partition coefficient (Wildman–Crippen LogP) is 4.31. The molecule has 1 aromatic heterocycles. The highest BCUT2D eigenvalue weighted by Gasteiger charge is 2.15. The number of aryl methyl sites for hydroxylation is 1. The van der Waals surface area contributed by atoms with E-state index in [1.54, 1.807) is 18.2 Å². The summed E-state index contributed by atoms with van der Waals surface area (Å²) in [6.07, 6.45) is 1.76. The second-order valence-corrected chi connectivity index (χ2v) is 6.86. The van der Waals surface area contributed by atoms with Crippen molar-refractivity contribution in [3.05, 3.63) is 72.6 Å². The van der Waals surface area contributed by atoms with Crippen LogP contribution in [0.15, 0.2) is 66.3 Å². The molecule has 0 atom stereocenters. The van der Waals surface area contributed by atoms with Crippen LogP contribution in [0.2, 0.25) is 0 Å². The van der Waals surface area contributed by atoms with Crippen LogP contribution in [0.1, 0.15) is 5.56 Å². The van der Waals surface area contributed by atoms with Crippen LogP contribution in [0.5, 0.6) is 0 Å². The summed E-state index contributed by atoms with van der Waals surface area (Å²) in [5.41, 5.74) is 2.54. The van der Waals surface area contributed by atoms with Crippen molar-refractivity contribution in [1.82, 2.24) is 14.8 Å². The normalized spacial score (nSPS) is 10.6. The Balaban J connectivity index is 1.72. The molecule has 3 rings (SSSR count). The summed E-state index contributed by atoms with van der Waals surface area (Å²) in [6, 6.07) is 13.8. The molecule has 0 aliphatic heterocycles. The highest BCUT2D eigenvalue weighted by atomic mass is 32.2. The van der Waals surface area contributed by atoms with E-state index >= 15 is 0 Å². The van der Waals surface area contributed by atoms with Crippen molar-refractivity contribution in [2.75, 3.05) is 11.1 Å². The summed E-state index contributed by atoms with van der Waals surface area (Å²) in [5, 5.41) is 11.8. The van der Waals surface area contributed by atoms with Gasteiger partial charge in [-0.05, 0) is 25.1 Å². The first-order valence-electron chi connectivity index (χ1n) is 8.36. The van der Waals surface area contributed by atoms with E-state index < -0.39 is 5.82 Å². The standard InChI is InChI=1S/C20H19FN4OS/c1-3-11-25-19(15-9-7-14(2)8-10-15)23-24-20(25)27-13-18(26)22-17-6-4-5-16(21)12-17/h3-10,12H,1,11,13H2,2H3,(H,22,26). The summed E-state index contributed by atoms with van der Waals surface area (Å²) in [7, 11) is 0. The number of nitrogens with one attached hydrogen (secondary N) is 1. The van der Waals surface area contributed by atoms with Crippen LogP contribution >= 0.6 is 11.8 Å². The second-order valence-electron chi connectivity index (χ2n) is 5.92. The van der Waals surface area contributed by atoms with E-state index in [4.69, 9.17) is 0 Å². The number of rotatable bonds is 7. The van der Waals surface area contributed by atoms with Crippen molar-refractivity contribution in [3.63, 3.8) is 0 Å². The minimum Gasteiger partial charge on any atom is -0.325 e. The van der Waals surface area contributed by atoms with Crippen LogP contribution in [-0.2, 0) is 11.3 Å². The number of aromatic nitrogens is 3. The zero-order chi connectivity index (χ0) is 19.2. The van der Waals surface area contributed by atoms with Gasteiger partial charge in [0.25, 0.3) is 0 Å². The number of thioether (sulfide) groups is 1. The fourth-order valence-electron chi connectivity index (χ4n) is 2.50. The number of benzene rings is 2. The summed E-state index contributed by atoms with van der Waals surface area (Å²) in [4.78, 5) is 12.1.